The van der Waals surface area contributed by atoms with E-state index >= 15 is 0 Å². The molecule has 2 aromatic carbocycles. The first kappa shape index (κ1) is 43.1. The fourth-order valence-corrected chi connectivity index (χ4v) is 4.07. The lowest BCUT2D eigenvalue weighted by Crippen LogP contribution is -2.12. The molecule has 0 radical (unpaired) electrons. The number of aryl methyl sites for hydroxylation is 4. The standard InChI is InChI=1S/C16H18FN3O2.C10H13NO2.C6H6ClFN2.2H2S/c1-9(12-5-7-13(8-6-12)16(21)22-4)19-15-14(17)10(2)18-11(3)20-15;1-7(11)8-3-5-9(6-4-8)10(12)13-2;1-3-5(8)6(7)10-4(2)9-3;;/h5-9H,1-4H3,(H,18,19,20);3-7H,11H2,1-2H3;1-2H3;2*1H2/t9-;7-;;;/m00.../s1. The quantitative estimate of drug-likeness (QED) is 0.162. The number of carbonyl (C=O) groups is 2. The molecule has 2 heterocycles. The fraction of sp³-hybridized carbons (Fsp3) is 0.312. The van der Waals surface area contributed by atoms with Gasteiger partial charge in [0.2, 0.25) is 0 Å². The number of anilines is 1. The van der Waals surface area contributed by atoms with Gasteiger partial charge < -0.3 is 20.5 Å². The lowest BCUT2D eigenvalue weighted by molar-refractivity contribution is 0.0592. The van der Waals surface area contributed by atoms with E-state index < -0.39 is 11.6 Å². The third-order valence-corrected chi connectivity index (χ3v) is 6.51. The number of hydrogen-bond donors (Lipinski definition) is 2. The van der Waals surface area contributed by atoms with Gasteiger partial charge in [0.1, 0.15) is 11.6 Å². The molecular weight excluding hydrogens is 670 g/mol. The smallest absolute Gasteiger partial charge is 0.337 e. The van der Waals surface area contributed by atoms with E-state index in [0.29, 0.717) is 28.5 Å². The Hall–Kier alpha value is -3.85. The first-order chi connectivity index (χ1) is 21.2. The van der Waals surface area contributed by atoms with Gasteiger partial charge in [0.05, 0.1) is 42.8 Å². The van der Waals surface area contributed by atoms with Crippen LogP contribution in [-0.4, -0.2) is 46.1 Å². The van der Waals surface area contributed by atoms with Gasteiger partial charge in [-0.25, -0.2) is 38.3 Å². The first-order valence-corrected chi connectivity index (χ1v) is 14.1. The summed E-state index contributed by atoms with van der Waals surface area (Å²) in [5, 5.41) is 2.92. The molecule has 256 valence electrons. The Morgan fingerprint density at radius 3 is 1.53 bits per heavy atom. The molecule has 0 saturated carbocycles. The summed E-state index contributed by atoms with van der Waals surface area (Å²) in [7, 11) is 2.70. The molecule has 2 atom stereocenters. The highest BCUT2D eigenvalue weighted by atomic mass is 35.5. The second-order valence-corrected chi connectivity index (χ2v) is 10.2. The minimum atomic E-state index is -0.535. The maximum absolute atomic E-state index is 14.0. The van der Waals surface area contributed by atoms with Crippen molar-refractivity contribution < 1.29 is 27.8 Å². The average molecular weight is 711 g/mol. The van der Waals surface area contributed by atoms with Gasteiger partial charge in [-0.05, 0) is 76.9 Å². The molecule has 15 heteroatoms. The third kappa shape index (κ3) is 13.1. The van der Waals surface area contributed by atoms with E-state index in [9.17, 15) is 18.4 Å². The highest BCUT2D eigenvalue weighted by Crippen LogP contribution is 2.22. The summed E-state index contributed by atoms with van der Waals surface area (Å²) in [6.07, 6.45) is 0. The average Bonchev–Trinajstić information content (AvgIpc) is 3.02. The normalized spacial score (nSPS) is 11.1. The molecule has 0 unspecified atom stereocenters. The van der Waals surface area contributed by atoms with E-state index in [-0.39, 0.29) is 67.7 Å². The number of aromatic nitrogens is 4. The van der Waals surface area contributed by atoms with Gasteiger partial charge in [-0.3, -0.25) is 0 Å². The van der Waals surface area contributed by atoms with E-state index in [1.807, 2.05) is 26.0 Å². The van der Waals surface area contributed by atoms with Crippen LogP contribution in [0.4, 0.5) is 14.6 Å². The number of hydrogen-bond acceptors (Lipinski definition) is 10. The van der Waals surface area contributed by atoms with E-state index in [0.717, 1.165) is 11.1 Å². The van der Waals surface area contributed by atoms with Crippen LogP contribution in [-0.2, 0) is 9.47 Å². The van der Waals surface area contributed by atoms with Crippen LogP contribution in [0, 0.1) is 39.3 Å². The van der Waals surface area contributed by atoms with Crippen molar-refractivity contribution in [1.29, 1.82) is 0 Å². The van der Waals surface area contributed by atoms with E-state index in [1.54, 1.807) is 64.1 Å². The number of halogens is 3. The van der Waals surface area contributed by atoms with Crippen LogP contribution in [0.2, 0.25) is 5.15 Å². The zero-order valence-electron chi connectivity index (χ0n) is 27.4. The summed E-state index contributed by atoms with van der Waals surface area (Å²) >= 11 is 5.39. The van der Waals surface area contributed by atoms with Crippen LogP contribution in [0.1, 0.15) is 80.8 Å². The Kier molecular flexibility index (Phi) is 18.7. The number of nitrogens with two attached hydrogens (primary N) is 1. The van der Waals surface area contributed by atoms with Crippen molar-refractivity contribution in [2.45, 2.75) is 53.6 Å². The number of esters is 2. The van der Waals surface area contributed by atoms with Crippen LogP contribution in [0.5, 0.6) is 0 Å². The maximum atomic E-state index is 14.0. The molecule has 0 bridgehead atoms. The van der Waals surface area contributed by atoms with Crippen molar-refractivity contribution in [2.24, 2.45) is 5.73 Å². The molecule has 0 aliphatic heterocycles. The molecule has 0 amide bonds. The van der Waals surface area contributed by atoms with Crippen LogP contribution in [0.15, 0.2) is 48.5 Å². The largest absolute Gasteiger partial charge is 0.465 e. The third-order valence-electron chi connectivity index (χ3n) is 6.26. The molecule has 10 nitrogen and oxygen atoms in total. The van der Waals surface area contributed by atoms with E-state index in [4.69, 9.17) is 17.3 Å². The van der Waals surface area contributed by atoms with Crippen molar-refractivity contribution in [3.63, 3.8) is 0 Å². The van der Waals surface area contributed by atoms with Gasteiger partial charge in [-0.1, -0.05) is 35.9 Å². The summed E-state index contributed by atoms with van der Waals surface area (Å²) in [5.74, 6) is -0.527. The van der Waals surface area contributed by atoms with Crippen molar-refractivity contribution in [3.05, 3.63) is 111 Å². The van der Waals surface area contributed by atoms with Gasteiger partial charge in [0.15, 0.2) is 22.6 Å². The Bertz CT molecular complexity index is 1590. The monoisotopic (exact) mass is 710 g/mol. The Labute approximate surface area is 292 Å². The topological polar surface area (TPSA) is 142 Å². The number of nitrogens with one attached hydrogen (secondary N) is 1. The molecule has 0 spiro atoms. The lowest BCUT2D eigenvalue weighted by atomic mass is 10.1. The Balaban J connectivity index is 0.000000723. The molecule has 0 fully saturated rings. The minimum Gasteiger partial charge on any atom is -0.465 e. The fourth-order valence-electron chi connectivity index (χ4n) is 3.81. The predicted molar refractivity (Wildman–Crippen MR) is 189 cm³/mol. The van der Waals surface area contributed by atoms with Crippen molar-refractivity contribution in [1.82, 2.24) is 19.9 Å². The number of rotatable bonds is 6. The zero-order valence-corrected chi connectivity index (χ0v) is 30.2. The number of benzene rings is 2. The summed E-state index contributed by atoms with van der Waals surface area (Å²) in [4.78, 5) is 37.9. The number of nitrogens with zero attached hydrogens (tertiary/aromatic N) is 4. The lowest BCUT2D eigenvalue weighted by Gasteiger charge is -2.16. The highest BCUT2D eigenvalue weighted by molar-refractivity contribution is 7.59. The first-order valence-electron chi connectivity index (χ1n) is 13.7. The van der Waals surface area contributed by atoms with Gasteiger partial charge >= 0.3 is 11.9 Å². The number of ether oxygens (including phenoxy) is 2. The summed E-state index contributed by atoms with van der Waals surface area (Å²) in [6, 6.07) is 13.8. The second kappa shape index (κ2) is 20.4. The van der Waals surface area contributed by atoms with Crippen LogP contribution in [0.25, 0.3) is 0 Å². The minimum absolute atomic E-state index is 0. The highest BCUT2D eigenvalue weighted by Gasteiger charge is 2.14. The van der Waals surface area contributed by atoms with Crippen molar-refractivity contribution in [3.8, 4) is 0 Å². The van der Waals surface area contributed by atoms with Crippen LogP contribution in [0.3, 0.4) is 0 Å². The van der Waals surface area contributed by atoms with Gasteiger partial charge in [-0.15, -0.1) is 0 Å². The molecule has 4 rings (SSSR count). The molecular formula is C32H41ClF2N6O4S2. The molecule has 47 heavy (non-hydrogen) atoms. The number of methoxy groups -OCH3 is 2. The summed E-state index contributed by atoms with van der Waals surface area (Å²) in [6.45, 7) is 10.3. The molecule has 0 aliphatic rings. The van der Waals surface area contributed by atoms with E-state index in [1.165, 1.54) is 14.2 Å². The van der Waals surface area contributed by atoms with E-state index in [2.05, 4.69) is 34.7 Å². The van der Waals surface area contributed by atoms with Crippen LogP contribution >= 0.6 is 38.6 Å². The molecule has 3 N–H and O–H groups in total. The SMILES string of the molecule is COC(=O)c1ccc([C@H](C)N)cc1.COC(=O)c1ccc([C@H](C)Nc2nc(C)nc(C)c2F)cc1.Cc1nc(C)c(F)c(Cl)n1.S.S. The predicted octanol–water partition coefficient (Wildman–Crippen LogP) is 6.80. The zero-order chi connectivity index (χ0) is 33.8. The second-order valence-electron chi connectivity index (χ2n) is 9.86. The molecule has 0 aliphatic carbocycles. The van der Waals surface area contributed by atoms with Crippen molar-refractivity contribution >= 4 is 56.3 Å². The summed E-state index contributed by atoms with van der Waals surface area (Å²) in [5.41, 5.74) is 9.18. The molecule has 4 aromatic rings. The molecule has 0 saturated heterocycles. The van der Waals surface area contributed by atoms with Gasteiger partial charge in [0, 0.05) is 6.04 Å². The van der Waals surface area contributed by atoms with Gasteiger partial charge in [-0.2, -0.15) is 27.0 Å². The van der Waals surface area contributed by atoms with Crippen molar-refractivity contribution in [2.75, 3.05) is 19.5 Å². The molecule has 2 aromatic heterocycles. The Morgan fingerprint density at radius 2 is 1.13 bits per heavy atom. The Morgan fingerprint density at radius 1 is 0.723 bits per heavy atom. The van der Waals surface area contributed by atoms with Gasteiger partial charge in [0.25, 0.3) is 0 Å². The number of carbonyl (C=O) groups excluding carboxylic acids is 2. The maximum Gasteiger partial charge on any atom is 0.337 e. The summed E-state index contributed by atoms with van der Waals surface area (Å²) < 4.78 is 35.9. The van der Waals surface area contributed by atoms with Crippen LogP contribution < -0.4 is 11.1 Å².